The van der Waals surface area contributed by atoms with Gasteiger partial charge in [-0.05, 0) is 12.8 Å². The van der Waals surface area contributed by atoms with Gasteiger partial charge in [-0.15, -0.1) is 0 Å². The summed E-state index contributed by atoms with van der Waals surface area (Å²) in [6.45, 7) is 9.23. The zero-order valence-electron chi connectivity index (χ0n) is 10.9. The van der Waals surface area contributed by atoms with Crippen molar-refractivity contribution in [1.29, 1.82) is 0 Å². The molecule has 2 amide bonds. The Balaban J connectivity index is 4.22. The number of carbonyl (C=O) groups excluding carboxylic acids is 2. The third-order valence-corrected chi connectivity index (χ3v) is 2.21. The third kappa shape index (κ3) is 5.73. The second kappa shape index (κ2) is 8.13. The highest BCUT2D eigenvalue weighted by Crippen LogP contribution is 2.02. The summed E-state index contributed by atoms with van der Waals surface area (Å²) >= 11 is 0. The molecule has 0 aliphatic rings. The van der Waals surface area contributed by atoms with Gasteiger partial charge in [-0.3, -0.25) is 9.59 Å². The van der Waals surface area contributed by atoms with Crippen LogP contribution in [0, 0.1) is 5.92 Å². The molecule has 4 heteroatoms. The van der Waals surface area contributed by atoms with Gasteiger partial charge in [0.1, 0.15) is 0 Å². The van der Waals surface area contributed by atoms with Crippen LogP contribution in [-0.4, -0.2) is 36.3 Å². The number of hydrogen-bond acceptors (Lipinski definition) is 2. The van der Waals surface area contributed by atoms with E-state index in [9.17, 15) is 9.59 Å². The van der Waals surface area contributed by atoms with E-state index in [0.29, 0.717) is 13.1 Å². The molecule has 0 saturated carbocycles. The molecule has 0 saturated heterocycles. The molecule has 0 aromatic heterocycles. The molecule has 0 aliphatic carbocycles. The molecule has 4 nitrogen and oxygen atoms in total. The molecule has 0 aromatic carbocycles. The molecule has 0 aromatic rings. The summed E-state index contributed by atoms with van der Waals surface area (Å²) in [5.74, 6) is -0.0664. The van der Waals surface area contributed by atoms with Crippen molar-refractivity contribution in [2.75, 3.05) is 19.6 Å². The summed E-state index contributed by atoms with van der Waals surface area (Å²) in [5.41, 5.74) is 0. The van der Waals surface area contributed by atoms with Gasteiger partial charge >= 0.3 is 0 Å². The molecule has 0 spiro atoms. The first-order valence-electron chi connectivity index (χ1n) is 6.08. The maximum Gasteiger partial charge on any atom is 0.239 e. The van der Waals surface area contributed by atoms with Gasteiger partial charge in [0.25, 0.3) is 0 Å². The van der Waals surface area contributed by atoms with Crippen molar-refractivity contribution in [2.45, 2.75) is 40.5 Å². The van der Waals surface area contributed by atoms with Gasteiger partial charge in [0.2, 0.25) is 11.8 Å². The van der Waals surface area contributed by atoms with Gasteiger partial charge in [-0.25, -0.2) is 0 Å². The quantitative estimate of drug-likeness (QED) is 0.716. The first kappa shape index (κ1) is 14.9. The number of rotatable bonds is 7. The second-order valence-corrected chi connectivity index (χ2v) is 4.26. The third-order valence-electron chi connectivity index (χ3n) is 2.21. The van der Waals surface area contributed by atoms with Crippen LogP contribution in [0.4, 0.5) is 0 Å². The van der Waals surface area contributed by atoms with Crippen LogP contribution < -0.4 is 5.32 Å². The fourth-order valence-electron chi connectivity index (χ4n) is 1.40. The minimum atomic E-state index is -0.0655. The number of hydrogen-bond donors (Lipinski definition) is 1. The van der Waals surface area contributed by atoms with Crippen LogP contribution in [0.25, 0.3) is 0 Å². The van der Waals surface area contributed by atoms with E-state index in [-0.39, 0.29) is 24.3 Å². The summed E-state index contributed by atoms with van der Waals surface area (Å²) in [5, 5.41) is 2.78. The van der Waals surface area contributed by atoms with Gasteiger partial charge in [0.15, 0.2) is 0 Å². The minimum absolute atomic E-state index is 0.0495. The van der Waals surface area contributed by atoms with Gasteiger partial charge in [0, 0.05) is 19.0 Å². The number of nitrogens with one attached hydrogen (secondary N) is 1. The van der Waals surface area contributed by atoms with Crippen LogP contribution in [0.2, 0.25) is 0 Å². The molecule has 0 heterocycles. The van der Waals surface area contributed by atoms with Crippen LogP contribution in [0.3, 0.4) is 0 Å². The molecule has 94 valence electrons. The maximum atomic E-state index is 11.8. The van der Waals surface area contributed by atoms with Gasteiger partial charge in [-0.1, -0.05) is 27.7 Å². The van der Waals surface area contributed by atoms with Crippen LogP contribution in [0.1, 0.15) is 40.5 Å². The normalized spacial score (nSPS) is 10.3. The number of nitrogens with zero attached hydrogens (tertiary/aromatic N) is 1. The van der Waals surface area contributed by atoms with E-state index in [1.165, 1.54) is 0 Å². The van der Waals surface area contributed by atoms with E-state index in [4.69, 9.17) is 0 Å². The highest BCUT2D eigenvalue weighted by atomic mass is 16.2. The molecule has 1 N–H and O–H groups in total. The van der Waals surface area contributed by atoms with Crippen molar-refractivity contribution in [3.8, 4) is 0 Å². The lowest BCUT2D eigenvalue weighted by molar-refractivity contribution is -0.138. The first-order valence-corrected chi connectivity index (χ1v) is 6.08. The molecule has 0 fully saturated rings. The molecular weight excluding hydrogens is 204 g/mol. The van der Waals surface area contributed by atoms with E-state index in [2.05, 4.69) is 5.32 Å². The number of amides is 2. The predicted molar refractivity (Wildman–Crippen MR) is 65.0 cm³/mol. The van der Waals surface area contributed by atoms with E-state index in [1.807, 2.05) is 27.7 Å². The largest absolute Gasteiger partial charge is 0.355 e. The van der Waals surface area contributed by atoms with Crippen LogP contribution >= 0.6 is 0 Å². The predicted octanol–water partition coefficient (Wildman–Crippen LogP) is 1.41. The molecule has 0 atom stereocenters. The molecule has 0 aliphatic heterocycles. The summed E-state index contributed by atoms with van der Waals surface area (Å²) in [6.07, 6.45) is 1.79. The number of carbonyl (C=O) groups is 2. The fourth-order valence-corrected chi connectivity index (χ4v) is 1.40. The van der Waals surface area contributed by atoms with Crippen molar-refractivity contribution in [3.05, 3.63) is 0 Å². The van der Waals surface area contributed by atoms with E-state index < -0.39 is 0 Å². The Morgan fingerprint density at radius 1 is 1.19 bits per heavy atom. The average molecular weight is 228 g/mol. The lowest BCUT2D eigenvalue weighted by atomic mass is 10.2. The Morgan fingerprint density at radius 2 is 1.81 bits per heavy atom. The SMILES string of the molecule is CCCNC(=O)CN(CCC)C(=O)C(C)C. The average Bonchev–Trinajstić information content (AvgIpc) is 2.24. The lowest BCUT2D eigenvalue weighted by Crippen LogP contribution is -2.42. The van der Waals surface area contributed by atoms with Crippen LogP contribution in [-0.2, 0) is 9.59 Å². The first-order chi connectivity index (χ1) is 7.52. The van der Waals surface area contributed by atoms with Gasteiger partial charge in [-0.2, -0.15) is 0 Å². The van der Waals surface area contributed by atoms with E-state index in [1.54, 1.807) is 4.90 Å². The Bertz CT molecular complexity index is 227. The molecule has 0 unspecified atom stereocenters. The smallest absolute Gasteiger partial charge is 0.239 e. The second-order valence-electron chi connectivity index (χ2n) is 4.26. The lowest BCUT2D eigenvalue weighted by Gasteiger charge is -2.23. The molecular formula is C12H24N2O2. The Kier molecular flexibility index (Phi) is 7.60. The summed E-state index contributed by atoms with van der Waals surface area (Å²) in [4.78, 5) is 24.9. The molecule has 0 bridgehead atoms. The van der Waals surface area contributed by atoms with Crippen LogP contribution in [0.15, 0.2) is 0 Å². The van der Waals surface area contributed by atoms with Gasteiger partial charge < -0.3 is 10.2 Å². The summed E-state index contributed by atoms with van der Waals surface area (Å²) in [6, 6.07) is 0. The van der Waals surface area contributed by atoms with Crippen molar-refractivity contribution in [3.63, 3.8) is 0 Å². The van der Waals surface area contributed by atoms with Crippen molar-refractivity contribution >= 4 is 11.8 Å². The van der Waals surface area contributed by atoms with Gasteiger partial charge in [0.05, 0.1) is 6.54 Å². The van der Waals surface area contributed by atoms with E-state index >= 15 is 0 Å². The highest BCUT2D eigenvalue weighted by Gasteiger charge is 2.18. The monoisotopic (exact) mass is 228 g/mol. The van der Waals surface area contributed by atoms with E-state index in [0.717, 1.165) is 12.8 Å². The summed E-state index contributed by atoms with van der Waals surface area (Å²) < 4.78 is 0. The standard InChI is InChI=1S/C12H24N2O2/c1-5-7-13-11(15)9-14(8-6-2)12(16)10(3)4/h10H,5-9H2,1-4H3,(H,13,15). The zero-order valence-corrected chi connectivity index (χ0v) is 10.9. The minimum Gasteiger partial charge on any atom is -0.355 e. The Hall–Kier alpha value is -1.06. The topological polar surface area (TPSA) is 49.4 Å². The van der Waals surface area contributed by atoms with Crippen molar-refractivity contribution in [2.24, 2.45) is 5.92 Å². The maximum absolute atomic E-state index is 11.8. The van der Waals surface area contributed by atoms with Crippen molar-refractivity contribution < 1.29 is 9.59 Å². The summed E-state index contributed by atoms with van der Waals surface area (Å²) in [7, 11) is 0. The van der Waals surface area contributed by atoms with Crippen LogP contribution in [0.5, 0.6) is 0 Å². The molecule has 16 heavy (non-hydrogen) atoms. The molecule has 0 radical (unpaired) electrons. The Morgan fingerprint density at radius 3 is 2.25 bits per heavy atom. The fraction of sp³-hybridized carbons (Fsp3) is 0.833. The Labute approximate surface area is 98.4 Å². The molecule has 0 rings (SSSR count). The van der Waals surface area contributed by atoms with Crippen molar-refractivity contribution in [1.82, 2.24) is 10.2 Å². The highest BCUT2D eigenvalue weighted by molar-refractivity contribution is 5.85. The zero-order chi connectivity index (χ0) is 12.6.